The molecular weight excluding hydrogens is 470 g/mol. The van der Waals surface area contributed by atoms with Gasteiger partial charge in [0, 0.05) is 11.3 Å². The van der Waals surface area contributed by atoms with Gasteiger partial charge in [0.15, 0.2) is 5.16 Å². The largest absolute Gasteiger partial charge is 0.491 e. The van der Waals surface area contributed by atoms with Crippen LogP contribution in [0.15, 0.2) is 93.2 Å². The fourth-order valence-electron chi connectivity index (χ4n) is 3.93. The molecule has 36 heavy (non-hydrogen) atoms. The zero-order valence-electron chi connectivity index (χ0n) is 20.5. The molecule has 0 amide bonds. The van der Waals surface area contributed by atoms with Crippen molar-refractivity contribution in [2.24, 2.45) is 0 Å². The van der Waals surface area contributed by atoms with Crippen molar-refractivity contribution in [1.29, 1.82) is 0 Å². The van der Waals surface area contributed by atoms with E-state index in [1.165, 1.54) is 11.8 Å². The van der Waals surface area contributed by atoms with E-state index in [0.29, 0.717) is 34.2 Å². The van der Waals surface area contributed by atoms with Crippen LogP contribution in [0.5, 0.6) is 5.75 Å². The number of nitrogens with zero attached hydrogens (tertiary/aromatic N) is 3. The van der Waals surface area contributed by atoms with Crippen molar-refractivity contribution < 1.29 is 9.15 Å². The fourth-order valence-corrected chi connectivity index (χ4v) is 4.93. The molecule has 0 radical (unpaired) electrons. The van der Waals surface area contributed by atoms with Gasteiger partial charge in [0.1, 0.15) is 11.5 Å². The van der Waals surface area contributed by atoms with Crippen molar-refractivity contribution in [2.45, 2.75) is 44.3 Å². The Morgan fingerprint density at radius 2 is 1.67 bits per heavy atom. The van der Waals surface area contributed by atoms with Crippen LogP contribution >= 0.6 is 11.8 Å². The second-order valence-electron chi connectivity index (χ2n) is 8.79. The molecule has 0 N–H and O–H groups in total. The number of thioether (sulfide) groups is 1. The summed E-state index contributed by atoms with van der Waals surface area (Å²) in [6.07, 6.45) is 0.117. The van der Waals surface area contributed by atoms with Crippen LogP contribution in [-0.4, -0.2) is 20.6 Å². The molecule has 0 saturated carbocycles. The van der Waals surface area contributed by atoms with Gasteiger partial charge in [-0.25, -0.2) is 9.97 Å². The lowest BCUT2D eigenvalue weighted by atomic mass is 10.2. The third-order valence-corrected chi connectivity index (χ3v) is 6.70. The summed E-state index contributed by atoms with van der Waals surface area (Å²) < 4.78 is 13.4. The van der Waals surface area contributed by atoms with Gasteiger partial charge in [0.05, 0.1) is 29.2 Å². The van der Waals surface area contributed by atoms with Crippen LogP contribution in [0.3, 0.4) is 0 Å². The first-order valence-corrected chi connectivity index (χ1v) is 12.9. The van der Waals surface area contributed by atoms with E-state index in [-0.39, 0.29) is 11.7 Å². The molecule has 0 atom stereocenters. The lowest BCUT2D eigenvalue weighted by Crippen LogP contribution is -2.24. The van der Waals surface area contributed by atoms with Gasteiger partial charge in [-0.15, -0.1) is 0 Å². The molecule has 5 aromatic rings. The van der Waals surface area contributed by atoms with Crippen molar-refractivity contribution in [3.63, 3.8) is 0 Å². The van der Waals surface area contributed by atoms with E-state index in [9.17, 15) is 4.79 Å². The van der Waals surface area contributed by atoms with E-state index in [0.717, 1.165) is 28.3 Å². The minimum absolute atomic E-state index is 0.0479. The SMILES string of the molecule is Cc1oc(-c2ccc(OC(C)C)cc2)nc1CSc1nc2ccccc2c(=O)n1Cc1ccccc1. The molecule has 0 unspecified atom stereocenters. The Morgan fingerprint density at radius 1 is 0.944 bits per heavy atom. The van der Waals surface area contributed by atoms with Crippen LogP contribution < -0.4 is 10.3 Å². The Bertz CT molecular complexity index is 1540. The van der Waals surface area contributed by atoms with E-state index < -0.39 is 0 Å². The Labute approximate surface area is 214 Å². The van der Waals surface area contributed by atoms with Gasteiger partial charge in [-0.3, -0.25) is 9.36 Å². The van der Waals surface area contributed by atoms with Gasteiger partial charge >= 0.3 is 0 Å². The number of oxazole rings is 1. The van der Waals surface area contributed by atoms with Crippen molar-refractivity contribution in [3.05, 3.63) is 106 Å². The van der Waals surface area contributed by atoms with Crippen molar-refractivity contribution >= 4 is 22.7 Å². The zero-order chi connectivity index (χ0) is 25.1. The average Bonchev–Trinajstić information content (AvgIpc) is 3.26. The minimum atomic E-state index is -0.0479. The summed E-state index contributed by atoms with van der Waals surface area (Å²) in [4.78, 5) is 22.9. The number of para-hydroxylation sites is 1. The van der Waals surface area contributed by atoms with Crippen LogP contribution in [-0.2, 0) is 12.3 Å². The monoisotopic (exact) mass is 497 g/mol. The normalized spacial score (nSPS) is 11.3. The summed E-state index contributed by atoms with van der Waals surface area (Å²) in [6.45, 7) is 6.36. The van der Waals surface area contributed by atoms with Gasteiger partial charge in [-0.1, -0.05) is 54.2 Å². The molecule has 0 spiro atoms. The summed E-state index contributed by atoms with van der Waals surface area (Å²) in [7, 11) is 0. The average molecular weight is 498 g/mol. The molecule has 0 aliphatic heterocycles. The molecule has 0 fully saturated rings. The highest BCUT2D eigenvalue weighted by atomic mass is 32.2. The van der Waals surface area contributed by atoms with E-state index in [2.05, 4.69) is 0 Å². The Hall–Kier alpha value is -3.84. The van der Waals surface area contributed by atoms with Crippen molar-refractivity contribution in [1.82, 2.24) is 14.5 Å². The molecule has 5 rings (SSSR count). The number of aromatic nitrogens is 3. The predicted octanol–water partition coefficient (Wildman–Crippen LogP) is 6.49. The topological polar surface area (TPSA) is 70.2 Å². The number of ether oxygens (including phenoxy) is 1. The van der Waals surface area contributed by atoms with E-state index in [4.69, 9.17) is 19.1 Å². The second kappa shape index (κ2) is 10.4. The highest BCUT2D eigenvalue weighted by molar-refractivity contribution is 7.98. The highest BCUT2D eigenvalue weighted by Crippen LogP contribution is 2.28. The molecule has 0 aliphatic rings. The minimum Gasteiger partial charge on any atom is -0.491 e. The summed E-state index contributed by atoms with van der Waals surface area (Å²) in [5.74, 6) is 2.65. The molecule has 2 aromatic heterocycles. The van der Waals surface area contributed by atoms with Gasteiger partial charge < -0.3 is 9.15 Å². The first kappa shape index (κ1) is 23.9. The third kappa shape index (κ3) is 5.21. The van der Waals surface area contributed by atoms with Crippen molar-refractivity contribution in [2.75, 3.05) is 0 Å². The first-order valence-electron chi connectivity index (χ1n) is 11.9. The number of hydrogen-bond donors (Lipinski definition) is 0. The van der Waals surface area contributed by atoms with Gasteiger partial charge in [0.25, 0.3) is 5.56 Å². The maximum absolute atomic E-state index is 13.4. The van der Waals surface area contributed by atoms with Gasteiger partial charge in [-0.05, 0) is 62.7 Å². The summed E-state index contributed by atoms with van der Waals surface area (Å²) in [5.41, 5.74) is 3.40. The molecule has 0 aliphatic carbocycles. The lowest BCUT2D eigenvalue weighted by molar-refractivity contribution is 0.242. The van der Waals surface area contributed by atoms with Gasteiger partial charge in [0.2, 0.25) is 5.89 Å². The Balaban J connectivity index is 1.42. The molecule has 0 bridgehead atoms. The van der Waals surface area contributed by atoms with Crippen LogP contribution in [0, 0.1) is 6.92 Å². The van der Waals surface area contributed by atoms with Crippen LogP contribution in [0.4, 0.5) is 0 Å². The quantitative estimate of drug-likeness (QED) is 0.180. The van der Waals surface area contributed by atoms with Crippen molar-refractivity contribution in [3.8, 4) is 17.2 Å². The standard InChI is InChI=1S/C29H27N3O3S/c1-19(2)34-23-15-13-22(14-16-23)27-30-26(20(3)35-27)18-36-29-31-25-12-8-7-11-24(25)28(33)32(29)17-21-9-5-4-6-10-21/h4-16,19H,17-18H2,1-3H3. The van der Waals surface area contributed by atoms with Crippen LogP contribution in [0.1, 0.15) is 30.9 Å². The second-order valence-corrected chi connectivity index (χ2v) is 9.73. The van der Waals surface area contributed by atoms with E-state index >= 15 is 0 Å². The number of hydrogen-bond acceptors (Lipinski definition) is 6. The van der Waals surface area contributed by atoms with E-state index in [1.54, 1.807) is 4.57 Å². The van der Waals surface area contributed by atoms with Gasteiger partial charge in [-0.2, -0.15) is 0 Å². The Kier molecular flexibility index (Phi) is 6.91. The smallest absolute Gasteiger partial charge is 0.262 e. The van der Waals surface area contributed by atoms with Crippen LogP contribution in [0.2, 0.25) is 0 Å². The summed E-state index contributed by atoms with van der Waals surface area (Å²) >= 11 is 1.49. The predicted molar refractivity (Wildman–Crippen MR) is 144 cm³/mol. The maximum atomic E-state index is 13.4. The zero-order valence-corrected chi connectivity index (χ0v) is 21.3. The summed E-state index contributed by atoms with van der Waals surface area (Å²) in [5, 5.41) is 1.27. The third-order valence-electron chi connectivity index (χ3n) is 5.71. The summed E-state index contributed by atoms with van der Waals surface area (Å²) in [6, 6.07) is 25.2. The number of aryl methyl sites for hydroxylation is 1. The highest BCUT2D eigenvalue weighted by Gasteiger charge is 2.16. The molecule has 3 aromatic carbocycles. The van der Waals surface area contributed by atoms with Crippen LogP contribution in [0.25, 0.3) is 22.4 Å². The fraction of sp³-hybridized carbons (Fsp3) is 0.207. The number of fused-ring (bicyclic) bond motifs is 1. The molecule has 6 nitrogen and oxygen atoms in total. The number of rotatable bonds is 8. The number of benzene rings is 3. The maximum Gasteiger partial charge on any atom is 0.262 e. The van der Waals surface area contributed by atoms with E-state index in [1.807, 2.05) is 99.6 Å². The Morgan fingerprint density at radius 3 is 2.42 bits per heavy atom. The molecule has 2 heterocycles. The molecule has 0 saturated heterocycles. The first-order chi connectivity index (χ1) is 17.5. The molecular formula is C29H27N3O3S. The lowest BCUT2D eigenvalue weighted by Gasteiger charge is -2.13. The molecule has 182 valence electrons. The molecule has 7 heteroatoms.